The third kappa shape index (κ3) is 4.83. The van der Waals surface area contributed by atoms with Gasteiger partial charge in [0, 0.05) is 36.8 Å². The molecule has 0 fully saturated rings. The average Bonchev–Trinajstić information content (AvgIpc) is 2.96. The normalized spacial score (nSPS) is 12.3. The lowest BCUT2D eigenvalue weighted by Gasteiger charge is -2.16. The van der Waals surface area contributed by atoms with Crippen molar-refractivity contribution in [3.8, 4) is 0 Å². The molecule has 0 aliphatic heterocycles. The minimum Gasteiger partial charge on any atom is -0.349 e. The lowest BCUT2D eigenvalue weighted by Crippen LogP contribution is -2.27. The van der Waals surface area contributed by atoms with Crippen LogP contribution in [0.15, 0.2) is 36.5 Å². The van der Waals surface area contributed by atoms with Crippen molar-refractivity contribution in [2.75, 3.05) is 18.0 Å². The molecule has 114 valence electrons. The number of rotatable bonds is 8. The van der Waals surface area contributed by atoms with Crippen molar-refractivity contribution in [3.63, 3.8) is 0 Å². The molecule has 3 nitrogen and oxygen atoms in total. The van der Waals surface area contributed by atoms with Crippen LogP contribution in [-0.4, -0.2) is 24.1 Å². The summed E-state index contributed by atoms with van der Waals surface area (Å²) in [6.45, 7) is 9.50. The standard InChI is InChI=1S/C17H25N3S/c1-4-20(5-2)17-19-13-16(21-17)12-18-14(3)11-15-9-7-6-8-10-15/h6-10,13-14,18H,4-5,11-12H2,1-3H3. The topological polar surface area (TPSA) is 28.2 Å². The van der Waals surface area contributed by atoms with Gasteiger partial charge in [-0.2, -0.15) is 0 Å². The molecule has 0 bridgehead atoms. The summed E-state index contributed by atoms with van der Waals surface area (Å²) < 4.78 is 0. The number of hydrogen-bond acceptors (Lipinski definition) is 4. The van der Waals surface area contributed by atoms with Crippen LogP contribution in [0.5, 0.6) is 0 Å². The van der Waals surface area contributed by atoms with E-state index in [1.165, 1.54) is 10.4 Å². The molecule has 0 saturated heterocycles. The Bertz CT molecular complexity index is 520. The monoisotopic (exact) mass is 303 g/mol. The lowest BCUT2D eigenvalue weighted by molar-refractivity contribution is 0.548. The van der Waals surface area contributed by atoms with E-state index in [4.69, 9.17) is 0 Å². The Labute approximate surface area is 132 Å². The van der Waals surface area contributed by atoms with Crippen molar-refractivity contribution in [1.82, 2.24) is 10.3 Å². The van der Waals surface area contributed by atoms with Gasteiger partial charge in [0.15, 0.2) is 5.13 Å². The Kier molecular flexibility index (Phi) is 6.21. The summed E-state index contributed by atoms with van der Waals surface area (Å²) in [7, 11) is 0. The second-order valence-electron chi connectivity index (χ2n) is 5.25. The fourth-order valence-corrected chi connectivity index (χ4v) is 3.32. The van der Waals surface area contributed by atoms with E-state index in [9.17, 15) is 0 Å². The van der Waals surface area contributed by atoms with Crippen molar-refractivity contribution in [1.29, 1.82) is 0 Å². The van der Waals surface area contributed by atoms with Crippen LogP contribution in [0.25, 0.3) is 0 Å². The predicted molar refractivity (Wildman–Crippen MR) is 92.1 cm³/mol. The molecule has 0 aliphatic rings. The van der Waals surface area contributed by atoms with Crippen LogP contribution < -0.4 is 10.2 Å². The number of nitrogens with zero attached hydrogens (tertiary/aromatic N) is 2. The first-order chi connectivity index (χ1) is 10.2. The highest BCUT2D eigenvalue weighted by Gasteiger charge is 2.09. The van der Waals surface area contributed by atoms with Gasteiger partial charge >= 0.3 is 0 Å². The zero-order chi connectivity index (χ0) is 15.1. The first-order valence-corrected chi connectivity index (χ1v) is 8.51. The van der Waals surface area contributed by atoms with E-state index in [1.807, 2.05) is 6.20 Å². The molecule has 2 rings (SSSR count). The van der Waals surface area contributed by atoms with Gasteiger partial charge in [-0.25, -0.2) is 4.98 Å². The van der Waals surface area contributed by atoms with E-state index in [1.54, 1.807) is 11.3 Å². The number of nitrogens with one attached hydrogen (secondary N) is 1. The average molecular weight is 303 g/mol. The Morgan fingerprint density at radius 1 is 1.19 bits per heavy atom. The minimum absolute atomic E-state index is 0.464. The summed E-state index contributed by atoms with van der Waals surface area (Å²) in [5.41, 5.74) is 1.38. The van der Waals surface area contributed by atoms with Crippen LogP contribution >= 0.6 is 11.3 Å². The molecule has 21 heavy (non-hydrogen) atoms. The minimum atomic E-state index is 0.464. The molecule has 1 N–H and O–H groups in total. The molecule has 1 unspecified atom stereocenters. The molecular formula is C17H25N3S. The maximum Gasteiger partial charge on any atom is 0.185 e. The zero-order valence-electron chi connectivity index (χ0n) is 13.2. The van der Waals surface area contributed by atoms with Gasteiger partial charge in [0.1, 0.15) is 0 Å². The molecule has 1 heterocycles. The summed E-state index contributed by atoms with van der Waals surface area (Å²) in [5, 5.41) is 4.72. The van der Waals surface area contributed by atoms with Gasteiger partial charge in [0.2, 0.25) is 0 Å². The smallest absolute Gasteiger partial charge is 0.185 e. The fourth-order valence-electron chi connectivity index (χ4n) is 2.33. The Balaban J connectivity index is 1.83. The van der Waals surface area contributed by atoms with Gasteiger partial charge in [-0.15, -0.1) is 11.3 Å². The predicted octanol–water partition coefficient (Wildman–Crippen LogP) is 3.71. The van der Waals surface area contributed by atoms with E-state index in [-0.39, 0.29) is 0 Å². The van der Waals surface area contributed by atoms with E-state index in [2.05, 4.69) is 66.3 Å². The summed E-state index contributed by atoms with van der Waals surface area (Å²) in [5.74, 6) is 0. The van der Waals surface area contributed by atoms with Gasteiger partial charge in [-0.05, 0) is 32.8 Å². The number of hydrogen-bond donors (Lipinski definition) is 1. The van der Waals surface area contributed by atoms with Gasteiger partial charge in [-0.3, -0.25) is 0 Å². The fraction of sp³-hybridized carbons (Fsp3) is 0.471. The van der Waals surface area contributed by atoms with E-state index in [0.717, 1.165) is 31.2 Å². The molecular weight excluding hydrogens is 278 g/mol. The number of benzene rings is 1. The van der Waals surface area contributed by atoms with Crippen molar-refractivity contribution in [2.24, 2.45) is 0 Å². The molecule has 0 aliphatic carbocycles. The molecule has 0 amide bonds. The molecule has 4 heteroatoms. The van der Waals surface area contributed by atoms with Crippen LogP contribution in [0.1, 0.15) is 31.2 Å². The van der Waals surface area contributed by atoms with Crippen LogP contribution in [0.2, 0.25) is 0 Å². The lowest BCUT2D eigenvalue weighted by atomic mass is 10.1. The van der Waals surface area contributed by atoms with Crippen molar-refractivity contribution >= 4 is 16.5 Å². The second kappa shape index (κ2) is 8.15. The summed E-state index contributed by atoms with van der Waals surface area (Å²) in [6.07, 6.45) is 3.06. The Morgan fingerprint density at radius 3 is 2.57 bits per heavy atom. The summed E-state index contributed by atoms with van der Waals surface area (Å²) in [4.78, 5) is 8.12. The van der Waals surface area contributed by atoms with E-state index >= 15 is 0 Å². The first kappa shape index (κ1) is 16.0. The number of anilines is 1. The van der Waals surface area contributed by atoms with Crippen LogP contribution in [-0.2, 0) is 13.0 Å². The number of aromatic nitrogens is 1. The van der Waals surface area contributed by atoms with Crippen LogP contribution in [0, 0.1) is 0 Å². The number of thiazole rings is 1. The highest BCUT2D eigenvalue weighted by Crippen LogP contribution is 2.22. The SMILES string of the molecule is CCN(CC)c1ncc(CNC(C)Cc2ccccc2)s1. The molecule has 0 saturated carbocycles. The highest BCUT2D eigenvalue weighted by atomic mass is 32.1. The Morgan fingerprint density at radius 2 is 1.90 bits per heavy atom. The van der Waals surface area contributed by atoms with Crippen LogP contribution in [0.4, 0.5) is 5.13 Å². The molecule has 1 atom stereocenters. The van der Waals surface area contributed by atoms with E-state index < -0.39 is 0 Å². The van der Waals surface area contributed by atoms with Crippen LogP contribution in [0.3, 0.4) is 0 Å². The first-order valence-electron chi connectivity index (χ1n) is 7.69. The maximum atomic E-state index is 4.52. The molecule has 2 aromatic rings. The molecule has 1 aromatic carbocycles. The van der Waals surface area contributed by atoms with Gasteiger partial charge in [0.05, 0.1) is 0 Å². The van der Waals surface area contributed by atoms with E-state index in [0.29, 0.717) is 6.04 Å². The third-order valence-corrected chi connectivity index (χ3v) is 4.64. The van der Waals surface area contributed by atoms with Crippen molar-refractivity contribution < 1.29 is 0 Å². The maximum absolute atomic E-state index is 4.52. The van der Waals surface area contributed by atoms with Gasteiger partial charge in [0.25, 0.3) is 0 Å². The summed E-state index contributed by atoms with van der Waals surface area (Å²) >= 11 is 1.79. The largest absolute Gasteiger partial charge is 0.349 e. The summed E-state index contributed by atoms with van der Waals surface area (Å²) in [6, 6.07) is 11.1. The molecule has 1 aromatic heterocycles. The molecule has 0 spiro atoms. The third-order valence-electron chi connectivity index (χ3n) is 3.58. The van der Waals surface area contributed by atoms with Gasteiger partial charge < -0.3 is 10.2 Å². The van der Waals surface area contributed by atoms with Crippen molar-refractivity contribution in [3.05, 3.63) is 47.0 Å². The molecule has 0 radical (unpaired) electrons. The Hall–Kier alpha value is -1.39. The zero-order valence-corrected chi connectivity index (χ0v) is 14.0. The van der Waals surface area contributed by atoms with Crippen molar-refractivity contribution in [2.45, 2.75) is 39.8 Å². The van der Waals surface area contributed by atoms with Gasteiger partial charge in [-0.1, -0.05) is 30.3 Å². The quantitative estimate of drug-likeness (QED) is 0.806. The second-order valence-corrected chi connectivity index (χ2v) is 6.35. The highest BCUT2D eigenvalue weighted by molar-refractivity contribution is 7.15.